The summed E-state index contributed by atoms with van der Waals surface area (Å²) < 4.78 is 11.6. The molecule has 0 aliphatic heterocycles. The third-order valence-electron chi connectivity index (χ3n) is 2.46. The van der Waals surface area contributed by atoms with E-state index in [2.05, 4.69) is 11.5 Å². The van der Waals surface area contributed by atoms with Gasteiger partial charge in [-0.3, -0.25) is 4.98 Å². The van der Waals surface area contributed by atoms with E-state index in [1.165, 1.54) is 0 Å². The second-order valence-electron chi connectivity index (χ2n) is 3.82. The van der Waals surface area contributed by atoms with Gasteiger partial charge in [-0.2, -0.15) is 0 Å². The summed E-state index contributed by atoms with van der Waals surface area (Å²) >= 11 is 0. The van der Waals surface area contributed by atoms with Crippen molar-refractivity contribution in [2.75, 3.05) is 13.2 Å². The second kappa shape index (κ2) is 6.78. The van der Waals surface area contributed by atoms with Gasteiger partial charge in [-0.1, -0.05) is 6.07 Å². The molecule has 0 aliphatic rings. The summed E-state index contributed by atoms with van der Waals surface area (Å²) in [6.07, 6.45) is 2.76. The van der Waals surface area contributed by atoms with Crippen molar-refractivity contribution < 1.29 is 8.85 Å². The first-order valence-corrected chi connectivity index (χ1v) is 8.40. The fourth-order valence-electron chi connectivity index (χ4n) is 1.70. The zero-order valence-corrected chi connectivity index (χ0v) is 11.4. The number of hydrogen-bond acceptors (Lipinski definition) is 3. The summed E-state index contributed by atoms with van der Waals surface area (Å²) in [5, 5.41) is 0. The highest BCUT2D eigenvalue weighted by atomic mass is 28.4. The molecule has 0 saturated heterocycles. The van der Waals surface area contributed by atoms with Gasteiger partial charge in [0.15, 0.2) is 0 Å². The second-order valence-corrected chi connectivity index (χ2v) is 7.17. The SMILES string of the molecule is CCO[Si](C)(CCc1ccccn1)OCC. The van der Waals surface area contributed by atoms with E-state index in [1.54, 1.807) is 0 Å². The van der Waals surface area contributed by atoms with E-state index in [1.807, 2.05) is 38.2 Å². The average molecular weight is 239 g/mol. The lowest BCUT2D eigenvalue weighted by Crippen LogP contribution is -2.39. The Morgan fingerprint density at radius 2 is 1.88 bits per heavy atom. The Labute approximate surface area is 99.1 Å². The van der Waals surface area contributed by atoms with Crippen LogP contribution in [0.15, 0.2) is 24.4 Å². The van der Waals surface area contributed by atoms with Gasteiger partial charge in [-0.05, 0) is 45.0 Å². The molecule has 1 aromatic heterocycles. The highest BCUT2D eigenvalue weighted by Gasteiger charge is 2.30. The van der Waals surface area contributed by atoms with Crippen molar-refractivity contribution in [1.29, 1.82) is 0 Å². The van der Waals surface area contributed by atoms with E-state index in [0.29, 0.717) is 0 Å². The van der Waals surface area contributed by atoms with Gasteiger partial charge in [0, 0.05) is 25.1 Å². The van der Waals surface area contributed by atoms with Crippen LogP contribution in [0.2, 0.25) is 12.6 Å². The summed E-state index contributed by atoms with van der Waals surface area (Å²) in [4.78, 5) is 4.31. The summed E-state index contributed by atoms with van der Waals surface area (Å²) in [6, 6.07) is 6.96. The number of hydrogen-bond donors (Lipinski definition) is 0. The molecule has 0 N–H and O–H groups in total. The molecule has 1 heterocycles. The summed E-state index contributed by atoms with van der Waals surface area (Å²) in [7, 11) is -1.97. The van der Waals surface area contributed by atoms with Crippen LogP contribution in [0.5, 0.6) is 0 Å². The first-order chi connectivity index (χ1) is 7.70. The lowest BCUT2D eigenvalue weighted by Gasteiger charge is -2.25. The molecule has 3 nitrogen and oxygen atoms in total. The standard InChI is InChI=1S/C12H21NO2Si/c1-4-14-16(3,15-5-2)11-9-12-8-6-7-10-13-12/h6-8,10H,4-5,9,11H2,1-3H3. The highest BCUT2D eigenvalue weighted by molar-refractivity contribution is 6.66. The average Bonchev–Trinajstić information content (AvgIpc) is 2.29. The zero-order valence-electron chi connectivity index (χ0n) is 10.4. The number of nitrogens with zero attached hydrogens (tertiary/aromatic N) is 1. The van der Waals surface area contributed by atoms with Gasteiger partial charge < -0.3 is 8.85 Å². The van der Waals surface area contributed by atoms with Gasteiger partial charge in [0.05, 0.1) is 0 Å². The Morgan fingerprint density at radius 3 is 2.38 bits per heavy atom. The molecule has 0 bridgehead atoms. The van der Waals surface area contributed by atoms with Crippen molar-refractivity contribution in [1.82, 2.24) is 4.98 Å². The fraction of sp³-hybridized carbons (Fsp3) is 0.583. The van der Waals surface area contributed by atoms with E-state index in [-0.39, 0.29) is 0 Å². The number of aryl methyl sites for hydroxylation is 1. The third kappa shape index (κ3) is 4.43. The normalized spacial score (nSPS) is 11.7. The van der Waals surface area contributed by atoms with Crippen LogP contribution in [0, 0.1) is 0 Å². The van der Waals surface area contributed by atoms with Crippen LogP contribution in [-0.2, 0) is 15.3 Å². The first kappa shape index (κ1) is 13.4. The van der Waals surface area contributed by atoms with E-state index in [9.17, 15) is 0 Å². The van der Waals surface area contributed by atoms with Crippen molar-refractivity contribution in [3.05, 3.63) is 30.1 Å². The van der Waals surface area contributed by atoms with Crippen molar-refractivity contribution in [2.45, 2.75) is 32.9 Å². The first-order valence-electron chi connectivity index (χ1n) is 5.88. The molecule has 0 fully saturated rings. The maximum absolute atomic E-state index is 5.78. The van der Waals surface area contributed by atoms with Crippen molar-refractivity contribution in [3.63, 3.8) is 0 Å². The van der Waals surface area contributed by atoms with Gasteiger partial charge in [0.1, 0.15) is 0 Å². The molecule has 0 spiro atoms. The van der Waals surface area contributed by atoms with E-state index in [4.69, 9.17) is 8.85 Å². The largest absolute Gasteiger partial charge is 0.395 e. The molecule has 0 aromatic carbocycles. The molecule has 0 atom stereocenters. The molecule has 0 amide bonds. The lowest BCUT2D eigenvalue weighted by molar-refractivity contribution is 0.189. The maximum atomic E-state index is 5.78. The molecule has 4 heteroatoms. The summed E-state index contributed by atoms with van der Waals surface area (Å²) in [6.45, 7) is 7.62. The van der Waals surface area contributed by atoms with Crippen LogP contribution in [0.3, 0.4) is 0 Å². The van der Waals surface area contributed by atoms with Crippen molar-refractivity contribution in [2.24, 2.45) is 0 Å². The molecular weight excluding hydrogens is 218 g/mol. The minimum Gasteiger partial charge on any atom is -0.395 e. The maximum Gasteiger partial charge on any atom is 0.335 e. The minimum atomic E-state index is -1.97. The zero-order chi connectivity index (χ0) is 11.9. The predicted molar refractivity (Wildman–Crippen MR) is 67.6 cm³/mol. The van der Waals surface area contributed by atoms with Crippen LogP contribution in [0.1, 0.15) is 19.5 Å². The van der Waals surface area contributed by atoms with Crippen molar-refractivity contribution in [3.8, 4) is 0 Å². The van der Waals surface area contributed by atoms with Crippen LogP contribution < -0.4 is 0 Å². The Morgan fingerprint density at radius 1 is 1.19 bits per heavy atom. The molecular formula is C12H21NO2Si. The van der Waals surface area contributed by atoms with Gasteiger partial charge >= 0.3 is 8.56 Å². The highest BCUT2D eigenvalue weighted by Crippen LogP contribution is 2.16. The molecule has 0 radical (unpaired) electrons. The Kier molecular flexibility index (Phi) is 5.66. The molecule has 1 aromatic rings. The minimum absolute atomic E-state index is 0.727. The third-order valence-corrected chi connectivity index (χ3v) is 5.42. The topological polar surface area (TPSA) is 31.4 Å². The summed E-state index contributed by atoms with van der Waals surface area (Å²) in [5.41, 5.74) is 1.11. The lowest BCUT2D eigenvalue weighted by atomic mass is 10.3. The van der Waals surface area contributed by atoms with Crippen LogP contribution in [-0.4, -0.2) is 26.8 Å². The van der Waals surface area contributed by atoms with E-state index in [0.717, 1.165) is 31.4 Å². The number of aromatic nitrogens is 1. The Balaban J connectivity index is 2.49. The van der Waals surface area contributed by atoms with Gasteiger partial charge in [0.2, 0.25) is 0 Å². The molecule has 0 aliphatic carbocycles. The smallest absolute Gasteiger partial charge is 0.335 e. The molecule has 1 rings (SSSR count). The van der Waals surface area contributed by atoms with Gasteiger partial charge in [0.25, 0.3) is 0 Å². The molecule has 0 saturated carbocycles. The van der Waals surface area contributed by atoms with Crippen molar-refractivity contribution >= 4 is 8.56 Å². The Bertz CT molecular complexity index is 286. The van der Waals surface area contributed by atoms with Crippen LogP contribution in [0.4, 0.5) is 0 Å². The number of rotatable bonds is 7. The number of pyridine rings is 1. The summed E-state index contributed by atoms with van der Waals surface area (Å²) in [5.74, 6) is 0. The van der Waals surface area contributed by atoms with E-state index < -0.39 is 8.56 Å². The van der Waals surface area contributed by atoms with Crippen LogP contribution >= 0.6 is 0 Å². The predicted octanol–water partition coefficient (Wildman–Crippen LogP) is 2.77. The van der Waals surface area contributed by atoms with Crippen LogP contribution in [0.25, 0.3) is 0 Å². The fourth-order valence-corrected chi connectivity index (χ4v) is 4.00. The monoisotopic (exact) mass is 239 g/mol. The molecule has 90 valence electrons. The van der Waals surface area contributed by atoms with Gasteiger partial charge in [-0.15, -0.1) is 0 Å². The molecule has 0 unspecified atom stereocenters. The van der Waals surface area contributed by atoms with E-state index >= 15 is 0 Å². The molecule has 16 heavy (non-hydrogen) atoms. The Hall–Kier alpha value is -0.713. The quantitative estimate of drug-likeness (QED) is 0.686. The van der Waals surface area contributed by atoms with Gasteiger partial charge in [-0.25, -0.2) is 0 Å².